The van der Waals surface area contributed by atoms with Crippen LogP contribution in [0.4, 0.5) is 0 Å². The van der Waals surface area contributed by atoms with Crippen LogP contribution < -0.4 is 0 Å². The fourth-order valence-electron chi connectivity index (χ4n) is 1.51. The van der Waals surface area contributed by atoms with Gasteiger partial charge in [-0.15, -0.1) is 18.3 Å². The first-order valence-corrected chi connectivity index (χ1v) is 6.27. The van der Waals surface area contributed by atoms with Gasteiger partial charge in [-0.25, -0.2) is 0 Å². The van der Waals surface area contributed by atoms with Gasteiger partial charge >= 0.3 is 0 Å². The molecule has 0 amide bonds. The summed E-state index contributed by atoms with van der Waals surface area (Å²) in [5.74, 6) is 9.92. The molecule has 15 heavy (non-hydrogen) atoms. The number of hydrogen-bond donors (Lipinski definition) is 0. The molecule has 0 aromatic heterocycles. The Kier molecular flexibility index (Phi) is 10.5. The first-order valence-electron chi connectivity index (χ1n) is 6.27. The van der Waals surface area contributed by atoms with Crippen molar-refractivity contribution in [3.8, 4) is 24.2 Å². The standard InChI is InChI=1S/C15H24/c1-4-7-9-10-12-14-15(6-3)13-11-8-5-2/h2,15H,4,6-11,13H2,1,3H3. The van der Waals surface area contributed by atoms with E-state index in [0.717, 1.165) is 25.7 Å². The summed E-state index contributed by atoms with van der Waals surface area (Å²) in [5.41, 5.74) is 0. The van der Waals surface area contributed by atoms with Crippen LogP contribution >= 0.6 is 0 Å². The van der Waals surface area contributed by atoms with E-state index < -0.39 is 0 Å². The minimum atomic E-state index is 0.569. The SMILES string of the molecule is C#CCCCC(C#CCCCCC)CC. The predicted molar refractivity (Wildman–Crippen MR) is 68.4 cm³/mol. The molecule has 1 atom stereocenters. The lowest BCUT2D eigenvalue weighted by molar-refractivity contribution is 0.568. The van der Waals surface area contributed by atoms with E-state index in [2.05, 4.69) is 31.6 Å². The highest BCUT2D eigenvalue weighted by molar-refractivity contribution is 5.03. The molecule has 0 nitrogen and oxygen atoms in total. The Balaban J connectivity index is 3.62. The van der Waals surface area contributed by atoms with Gasteiger partial charge in [-0.3, -0.25) is 0 Å². The van der Waals surface area contributed by atoms with Crippen LogP contribution in [0.15, 0.2) is 0 Å². The van der Waals surface area contributed by atoms with Gasteiger partial charge in [0, 0.05) is 18.8 Å². The Hall–Kier alpha value is -0.880. The summed E-state index contributed by atoms with van der Waals surface area (Å²) >= 11 is 0. The van der Waals surface area contributed by atoms with Crippen molar-refractivity contribution in [3.63, 3.8) is 0 Å². The van der Waals surface area contributed by atoms with Gasteiger partial charge in [0.25, 0.3) is 0 Å². The van der Waals surface area contributed by atoms with E-state index in [-0.39, 0.29) is 0 Å². The molecule has 0 N–H and O–H groups in total. The van der Waals surface area contributed by atoms with Crippen LogP contribution in [0.25, 0.3) is 0 Å². The second-order valence-electron chi connectivity index (χ2n) is 3.98. The molecule has 0 aromatic rings. The van der Waals surface area contributed by atoms with E-state index in [1.807, 2.05) is 0 Å². The third-order valence-corrected chi connectivity index (χ3v) is 2.58. The third-order valence-electron chi connectivity index (χ3n) is 2.58. The highest BCUT2D eigenvalue weighted by Gasteiger charge is 2.00. The van der Waals surface area contributed by atoms with Gasteiger partial charge in [0.2, 0.25) is 0 Å². The molecule has 0 rings (SSSR count). The molecule has 0 aliphatic carbocycles. The molecule has 84 valence electrons. The van der Waals surface area contributed by atoms with Crippen LogP contribution in [0.2, 0.25) is 0 Å². The van der Waals surface area contributed by atoms with E-state index >= 15 is 0 Å². The molecule has 0 aliphatic heterocycles. The lowest BCUT2D eigenvalue weighted by Crippen LogP contribution is -1.94. The monoisotopic (exact) mass is 204 g/mol. The van der Waals surface area contributed by atoms with Crippen molar-refractivity contribution in [3.05, 3.63) is 0 Å². The van der Waals surface area contributed by atoms with Gasteiger partial charge in [0.1, 0.15) is 0 Å². The van der Waals surface area contributed by atoms with E-state index in [9.17, 15) is 0 Å². The predicted octanol–water partition coefficient (Wildman–Crippen LogP) is 4.40. The maximum absolute atomic E-state index is 5.23. The average molecular weight is 204 g/mol. The average Bonchev–Trinajstić information content (AvgIpc) is 2.26. The fourth-order valence-corrected chi connectivity index (χ4v) is 1.51. The summed E-state index contributed by atoms with van der Waals surface area (Å²) in [5, 5.41) is 0. The number of rotatable bonds is 7. The quantitative estimate of drug-likeness (QED) is 0.426. The van der Waals surface area contributed by atoms with Crippen molar-refractivity contribution < 1.29 is 0 Å². The molecule has 0 spiro atoms. The molecule has 0 heteroatoms. The van der Waals surface area contributed by atoms with E-state index in [0.29, 0.717) is 5.92 Å². The number of terminal acetylenes is 1. The van der Waals surface area contributed by atoms with Crippen LogP contribution in [0.3, 0.4) is 0 Å². The Bertz CT molecular complexity index is 221. The van der Waals surface area contributed by atoms with Crippen LogP contribution in [0.1, 0.15) is 65.2 Å². The smallest absolute Gasteiger partial charge is 0.0200 e. The van der Waals surface area contributed by atoms with Gasteiger partial charge < -0.3 is 0 Å². The zero-order valence-corrected chi connectivity index (χ0v) is 10.3. The molecule has 0 radical (unpaired) electrons. The maximum atomic E-state index is 5.23. The van der Waals surface area contributed by atoms with Crippen molar-refractivity contribution >= 4 is 0 Å². The lowest BCUT2D eigenvalue weighted by Gasteiger charge is -2.05. The van der Waals surface area contributed by atoms with E-state index in [1.54, 1.807) is 0 Å². The summed E-state index contributed by atoms with van der Waals surface area (Å²) in [6.07, 6.45) is 14.5. The van der Waals surface area contributed by atoms with Crippen molar-refractivity contribution in [2.24, 2.45) is 5.92 Å². The van der Waals surface area contributed by atoms with Crippen molar-refractivity contribution in [2.75, 3.05) is 0 Å². The molecule has 0 aliphatic rings. The highest BCUT2D eigenvalue weighted by atomic mass is 14.0. The Labute approximate surface area is 95.8 Å². The van der Waals surface area contributed by atoms with Crippen LogP contribution in [-0.2, 0) is 0 Å². The summed E-state index contributed by atoms with van der Waals surface area (Å²) in [6.45, 7) is 4.43. The zero-order valence-electron chi connectivity index (χ0n) is 10.3. The molecule has 0 saturated carbocycles. The van der Waals surface area contributed by atoms with Gasteiger partial charge in [0.05, 0.1) is 0 Å². The molecule has 0 bridgehead atoms. The highest BCUT2D eigenvalue weighted by Crippen LogP contribution is 2.11. The minimum absolute atomic E-state index is 0.569. The summed E-state index contributed by atoms with van der Waals surface area (Å²) in [6, 6.07) is 0. The summed E-state index contributed by atoms with van der Waals surface area (Å²) < 4.78 is 0. The largest absolute Gasteiger partial charge is 0.120 e. The summed E-state index contributed by atoms with van der Waals surface area (Å²) in [7, 11) is 0. The molecule has 0 fully saturated rings. The normalized spacial score (nSPS) is 11.3. The maximum Gasteiger partial charge on any atom is 0.0200 e. The number of hydrogen-bond acceptors (Lipinski definition) is 0. The van der Waals surface area contributed by atoms with Crippen molar-refractivity contribution in [1.82, 2.24) is 0 Å². The van der Waals surface area contributed by atoms with Crippen LogP contribution in [0.5, 0.6) is 0 Å². The first kappa shape index (κ1) is 14.1. The Morgan fingerprint density at radius 2 is 1.87 bits per heavy atom. The third kappa shape index (κ3) is 9.42. The molecule has 0 heterocycles. The van der Waals surface area contributed by atoms with Crippen LogP contribution in [0, 0.1) is 30.1 Å². The molecular formula is C15H24. The minimum Gasteiger partial charge on any atom is -0.120 e. The second-order valence-corrected chi connectivity index (χ2v) is 3.98. The molecule has 1 unspecified atom stereocenters. The van der Waals surface area contributed by atoms with Gasteiger partial charge in [-0.1, -0.05) is 32.6 Å². The molecular weight excluding hydrogens is 180 g/mol. The molecule has 0 saturated heterocycles. The van der Waals surface area contributed by atoms with Crippen molar-refractivity contribution in [2.45, 2.75) is 65.2 Å². The van der Waals surface area contributed by atoms with Crippen molar-refractivity contribution in [1.29, 1.82) is 0 Å². The topological polar surface area (TPSA) is 0 Å². The number of unbranched alkanes of at least 4 members (excludes halogenated alkanes) is 4. The first-order chi connectivity index (χ1) is 7.35. The van der Waals surface area contributed by atoms with E-state index in [1.165, 1.54) is 25.7 Å². The van der Waals surface area contributed by atoms with Gasteiger partial charge in [0.15, 0.2) is 0 Å². The summed E-state index contributed by atoms with van der Waals surface area (Å²) in [4.78, 5) is 0. The second kappa shape index (κ2) is 11.2. The Morgan fingerprint density at radius 3 is 2.47 bits per heavy atom. The lowest BCUT2D eigenvalue weighted by atomic mass is 9.99. The Morgan fingerprint density at radius 1 is 1.07 bits per heavy atom. The van der Waals surface area contributed by atoms with Gasteiger partial charge in [-0.05, 0) is 25.7 Å². The zero-order chi connectivity index (χ0) is 11.4. The molecule has 0 aromatic carbocycles. The van der Waals surface area contributed by atoms with E-state index in [4.69, 9.17) is 6.42 Å². The van der Waals surface area contributed by atoms with Crippen LogP contribution in [-0.4, -0.2) is 0 Å². The fraction of sp³-hybridized carbons (Fsp3) is 0.733. The van der Waals surface area contributed by atoms with Gasteiger partial charge in [-0.2, -0.15) is 0 Å².